The molecule has 2 aromatic carbocycles. The van der Waals surface area contributed by atoms with Crippen LogP contribution in [0.2, 0.25) is 0 Å². The SMILES string of the molecule is COc1ccc(Nc2ccc(F)cc2)c(O)c1. The van der Waals surface area contributed by atoms with Crippen molar-refractivity contribution in [3.63, 3.8) is 0 Å². The van der Waals surface area contributed by atoms with Crippen LogP contribution in [0.15, 0.2) is 42.5 Å². The molecule has 2 N–H and O–H groups in total. The molecule has 0 aliphatic rings. The first-order valence-electron chi connectivity index (χ1n) is 5.08. The number of rotatable bonds is 3. The van der Waals surface area contributed by atoms with Gasteiger partial charge in [-0.15, -0.1) is 0 Å². The van der Waals surface area contributed by atoms with E-state index in [1.165, 1.54) is 25.3 Å². The molecule has 0 spiro atoms. The van der Waals surface area contributed by atoms with Gasteiger partial charge in [0.05, 0.1) is 12.8 Å². The van der Waals surface area contributed by atoms with Crippen molar-refractivity contribution in [1.29, 1.82) is 0 Å². The lowest BCUT2D eigenvalue weighted by molar-refractivity contribution is 0.408. The molecule has 0 unspecified atom stereocenters. The highest BCUT2D eigenvalue weighted by Crippen LogP contribution is 2.30. The molecule has 0 saturated carbocycles. The molecule has 0 heterocycles. The smallest absolute Gasteiger partial charge is 0.142 e. The van der Waals surface area contributed by atoms with Crippen LogP contribution in [0.25, 0.3) is 0 Å². The highest BCUT2D eigenvalue weighted by atomic mass is 19.1. The molecule has 0 amide bonds. The summed E-state index contributed by atoms with van der Waals surface area (Å²) in [6.45, 7) is 0. The molecule has 88 valence electrons. The largest absolute Gasteiger partial charge is 0.506 e. The van der Waals surface area contributed by atoms with E-state index in [2.05, 4.69) is 5.32 Å². The Balaban J connectivity index is 2.21. The molecule has 2 aromatic rings. The molecule has 0 radical (unpaired) electrons. The highest BCUT2D eigenvalue weighted by Gasteiger charge is 2.03. The van der Waals surface area contributed by atoms with Gasteiger partial charge in [-0.2, -0.15) is 0 Å². The number of nitrogens with one attached hydrogen (secondary N) is 1. The maximum atomic E-state index is 12.7. The van der Waals surface area contributed by atoms with Crippen LogP contribution < -0.4 is 10.1 Å². The molecule has 0 atom stereocenters. The Morgan fingerprint density at radius 3 is 2.41 bits per heavy atom. The lowest BCUT2D eigenvalue weighted by Crippen LogP contribution is -1.91. The predicted octanol–water partition coefficient (Wildman–Crippen LogP) is 3.28. The van der Waals surface area contributed by atoms with Gasteiger partial charge < -0.3 is 15.2 Å². The van der Waals surface area contributed by atoms with E-state index < -0.39 is 0 Å². The van der Waals surface area contributed by atoms with Crippen molar-refractivity contribution in [1.82, 2.24) is 0 Å². The van der Waals surface area contributed by atoms with Crippen molar-refractivity contribution in [2.45, 2.75) is 0 Å². The van der Waals surface area contributed by atoms with Gasteiger partial charge in [-0.25, -0.2) is 4.39 Å². The van der Waals surface area contributed by atoms with E-state index in [9.17, 15) is 9.50 Å². The first-order valence-corrected chi connectivity index (χ1v) is 5.08. The molecule has 0 aromatic heterocycles. The van der Waals surface area contributed by atoms with Crippen molar-refractivity contribution < 1.29 is 14.2 Å². The van der Waals surface area contributed by atoms with Gasteiger partial charge in [0.2, 0.25) is 0 Å². The number of methoxy groups -OCH3 is 1. The Morgan fingerprint density at radius 2 is 1.82 bits per heavy atom. The van der Waals surface area contributed by atoms with Gasteiger partial charge in [-0.1, -0.05) is 0 Å². The average Bonchev–Trinajstić information content (AvgIpc) is 2.34. The van der Waals surface area contributed by atoms with E-state index >= 15 is 0 Å². The third kappa shape index (κ3) is 2.66. The standard InChI is InChI=1S/C13H12FNO2/c1-17-11-6-7-12(13(16)8-11)15-10-4-2-9(14)3-5-10/h2-8,15-16H,1H3. The second-order valence-corrected chi connectivity index (χ2v) is 3.51. The number of phenolic OH excluding ortho intramolecular Hbond substituents is 1. The number of hydrogen-bond donors (Lipinski definition) is 2. The molecule has 3 nitrogen and oxygen atoms in total. The van der Waals surface area contributed by atoms with Gasteiger partial charge in [0.25, 0.3) is 0 Å². The van der Waals surface area contributed by atoms with Crippen molar-refractivity contribution >= 4 is 11.4 Å². The molecule has 0 aliphatic heterocycles. The maximum Gasteiger partial charge on any atom is 0.142 e. The van der Waals surface area contributed by atoms with E-state index in [1.54, 1.807) is 24.3 Å². The third-order valence-corrected chi connectivity index (χ3v) is 2.33. The number of benzene rings is 2. The zero-order valence-corrected chi connectivity index (χ0v) is 9.27. The summed E-state index contributed by atoms with van der Waals surface area (Å²) in [6, 6.07) is 10.8. The Labute approximate surface area is 98.5 Å². The Kier molecular flexibility index (Phi) is 3.14. The van der Waals surface area contributed by atoms with Crippen molar-refractivity contribution in [3.05, 3.63) is 48.3 Å². The second-order valence-electron chi connectivity index (χ2n) is 3.51. The lowest BCUT2D eigenvalue weighted by Gasteiger charge is -2.09. The summed E-state index contributed by atoms with van der Waals surface area (Å²) in [7, 11) is 1.53. The van der Waals surface area contributed by atoms with Crippen molar-refractivity contribution in [3.8, 4) is 11.5 Å². The normalized spacial score (nSPS) is 10.0. The highest BCUT2D eigenvalue weighted by molar-refractivity contribution is 5.66. The molecule has 0 bridgehead atoms. The van der Waals surface area contributed by atoms with E-state index in [0.717, 1.165) is 0 Å². The topological polar surface area (TPSA) is 41.5 Å². The van der Waals surface area contributed by atoms with Crippen LogP contribution in [-0.4, -0.2) is 12.2 Å². The van der Waals surface area contributed by atoms with Crippen LogP contribution in [0.5, 0.6) is 11.5 Å². The Morgan fingerprint density at radius 1 is 1.12 bits per heavy atom. The van der Waals surface area contributed by atoms with E-state index in [1.807, 2.05) is 0 Å². The monoisotopic (exact) mass is 233 g/mol. The summed E-state index contributed by atoms with van der Waals surface area (Å²) in [5.74, 6) is 0.357. The number of anilines is 2. The number of phenols is 1. The van der Waals surface area contributed by atoms with Crippen LogP contribution in [0, 0.1) is 5.82 Å². The van der Waals surface area contributed by atoms with Crippen LogP contribution in [0.4, 0.5) is 15.8 Å². The van der Waals surface area contributed by atoms with E-state index in [-0.39, 0.29) is 11.6 Å². The summed E-state index contributed by atoms with van der Waals surface area (Å²) in [5.41, 5.74) is 1.24. The molecule has 2 rings (SSSR count). The fraction of sp³-hybridized carbons (Fsp3) is 0.0769. The van der Waals surface area contributed by atoms with Gasteiger partial charge in [0, 0.05) is 11.8 Å². The Hall–Kier alpha value is -2.23. The van der Waals surface area contributed by atoms with Crippen LogP contribution in [0.1, 0.15) is 0 Å². The second kappa shape index (κ2) is 4.74. The lowest BCUT2D eigenvalue weighted by atomic mass is 10.2. The van der Waals surface area contributed by atoms with Gasteiger partial charge in [0.15, 0.2) is 0 Å². The van der Waals surface area contributed by atoms with Crippen LogP contribution >= 0.6 is 0 Å². The molecule has 4 heteroatoms. The fourth-order valence-electron chi connectivity index (χ4n) is 1.43. The summed E-state index contributed by atoms with van der Waals surface area (Å²) in [4.78, 5) is 0. The molecule has 17 heavy (non-hydrogen) atoms. The van der Waals surface area contributed by atoms with E-state index in [4.69, 9.17) is 4.74 Å². The zero-order chi connectivity index (χ0) is 12.3. The zero-order valence-electron chi connectivity index (χ0n) is 9.27. The van der Waals surface area contributed by atoms with Crippen LogP contribution in [-0.2, 0) is 0 Å². The molecule has 0 aliphatic carbocycles. The summed E-state index contributed by atoms with van der Waals surface area (Å²) in [5, 5.41) is 12.7. The van der Waals surface area contributed by atoms with Gasteiger partial charge in [-0.05, 0) is 36.4 Å². The first-order chi connectivity index (χ1) is 8.19. The quantitative estimate of drug-likeness (QED) is 0.799. The Bertz CT molecular complexity index is 511. The fourth-order valence-corrected chi connectivity index (χ4v) is 1.43. The van der Waals surface area contributed by atoms with Crippen molar-refractivity contribution in [2.24, 2.45) is 0 Å². The van der Waals surface area contributed by atoms with Crippen molar-refractivity contribution in [2.75, 3.05) is 12.4 Å². The maximum absolute atomic E-state index is 12.7. The van der Waals surface area contributed by atoms with E-state index in [0.29, 0.717) is 17.1 Å². The first kappa shape index (κ1) is 11.3. The minimum absolute atomic E-state index is 0.0775. The summed E-state index contributed by atoms with van der Waals surface area (Å²) >= 11 is 0. The molecular weight excluding hydrogens is 221 g/mol. The predicted molar refractivity (Wildman–Crippen MR) is 64.3 cm³/mol. The average molecular weight is 233 g/mol. The molecule has 0 saturated heterocycles. The number of hydrogen-bond acceptors (Lipinski definition) is 3. The van der Waals surface area contributed by atoms with Crippen LogP contribution in [0.3, 0.4) is 0 Å². The van der Waals surface area contributed by atoms with Gasteiger partial charge >= 0.3 is 0 Å². The van der Waals surface area contributed by atoms with Gasteiger partial charge in [-0.3, -0.25) is 0 Å². The number of aromatic hydroxyl groups is 1. The number of ether oxygens (including phenoxy) is 1. The van der Waals surface area contributed by atoms with Gasteiger partial charge in [0.1, 0.15) is 17.3 Å². The minimum Gasteiger partial charge on any atom is -0.506 e. The molecular formula is C13H12FNO2. The summed E-state index contributed by atoms with van der Waals surface area (Å²) in [6.07, 6.45) is 0. The third-order valence-electron chi connectivity index (χ3n) is 2.33. The summed E-state index contributed by atoms with van der Waals surface area (Å²) < 4.78 is 17.7. The minimum atomic E-state index is -0.297. The number of halogens is 1. The molecule has 0 fully saturated rings.